The summed E-state index contributed by atoms with van der Waals surface area (Å²) in [6.45, 7) is 0. The predicted molar refractivity (Wildman–Crippen MR) is 54.2 cm³/mol. The van der Waals surface area contributed by atoms with Gasteiger partial charge in [0.15, 0.2) is 0 Å². The summed E-state index contributed by atoms with van der Waals surface area (Å²) in [5.74, 6) is 6.92. The number of nitrogen functional groups attached to an aromatic ring is 1. The van der Waals surface area contributed by atoms with Crippen molar-refractivity contribution in [3.05, 3.63) is 30.3 Å². The third-order valence-electron chi connectivity index (χ3n) is 0.800. The van der Waals surface area contributed by atoms with E-state index in [1.807, 2.05) is 30.3 Å². The topological polar surface area (TPSA) is 26.0 Å². The molecule has 1 rings (SSSR count). The smallest absolute Gasteiger partial charge is 0.251 e. The van der Waals surface area contributed by atoms with Crippen LogP contribution in [-0.2, 0) is 0 Å². The molecule has 0 radical (unpaired) electrons. The highest BCUT2D eigenvalue weighted by atomic mass is 27.2. The Labute approximate surface area is 73.6 Å². The molecule has 0 unspecified atom stereocenters. The van der Waals surface area contributed by atoms with Gasteiger partial charge in [0, 0.05) is 5.69 Å². The van der Waals surface area contributed by atoms with Gasteiger partial charge >= 0.3 is 0 Å². The molecular formula is C9H16AlN. The van der Waals surface area contributed by atoms with Gasteiger partial charge in [-0.1, -0.05) is 18.2 Å². The van der Waals surface area contributed by atoms with E-state index in [9.17, 15) is 0 Å². The summed E-state index contributed by atoms with van der Waals surface area (Å²) in [4.78, 5) is 0. The van der Waals surface area contributed by atoms with Crippen LogP contribution in [0.2, 0.25) is 17.4 Å². The molecule has 0 atom stereocenters. The van der Waals surface area contributed by atoms with Gasteiger partial charge in [-0.2, -0.15) is 0 Å². The van der Waals surface area contributed by atoms with Crippen molar-refractivity contribution in [2.75, 3.05) is 5.73 Å². The summed E-state index contributed by atoms with van der Waals surface area (Å²) < 4.78 is 0. The standard InChI is InChI=1S/C6H7N.3CH3.Al/c7-6-4-2-1-3-5-6;;;;/h1-5H,7H2;3*1H3;. The average Bonchev–Trinajstić information content (AvgIpc) is 1.87. The van der Waals surface area contributed by atoms with Gasteiger partial charge in [-0.25, -0.2) is 0 Å². The molecule has 60 valence electrons. The summed E-state index contributed by atoms with van der Waals surface area (Å²) >= 11 is -0.139. The first-order chi connectivity index (χ1) is 5.13. The van der Waals surface area contributed by atoms with Gasteiger partial charge in [-0.3, -0.25) is 0 Å². The molecule has 1 nitrogen and oxygen atoms in total. The molecule has 0 fully saturated rings. The van der Waals surface area contributed by atoms with Crippen molar-refractivity contribution in [3.8, 4) is 0 Å². The quantitative estimate of drug-likeness (QED) is 0.464. The molecular weight excluding hydrogens is 149 g/mol. The molecule has 2 heteroatoms. The second kappa shape index (κ2) is 6.27. The number of rotatable bonds is 0. The minimum atomic E-state index is -0.139. The Balaban J connectivity index is 0.000000218. The van der Waals surface area contributed by atoms with Gasteiger partial charge in [0.2, 0.25) is 0 Å². The maximum absolute atomic E-state index is 5.36. The number of hydrogen-bond acceptors (Lipinski definition) is 1. The largest absolute Gasteiger partial charge is 0.399 e. The van der Waals surface area contributed by atoms with E-state index in [-0.39, 0.29) is 14.1 Å². The Morgan fingerprint density at radius 2 is 1.36 bits per heavy atom. The molecule has 0 amide bonds. The third-order valence-corrected chi connectivity index (χ3v) is 0.800. The normalized spacial score (nSPS) is 7.91. The number of para-hydroxylation sites is 1. The molecule has 11 heavy (non-hydrogen) atoms. The van der Waals surface area contributed by atoms with E-state index < -0.39 is 0 Å². The summed E-state index contributed by atoms with van der Waals surface area (Å²) in [6.07, 6.45) is 0. The second-order valence-corrected chi connectivity index (χ2v) is 6.61. The molecule has 0 aliphatic rings. The van der Waals surface area contributed by atoms with Crippen LogP contribution >= 0.6 is 0 Å². The monoisotopic (exact) mass is 165 g/mol. The van der Waals surface area contributed by atoms with E-state index in [0.29, 0.717) is 0 Å². The van der Waals surface area contributed by atoms with Gasteiger partial charge in [0.1, 0.15) is 0 Å². The Morgan fingerprint density at radius 3 is 1.55 bits per heavy atom. The Morgan fingerprint density at radius 1 is 1.00 bits per heavy atom. The maximum atomic E-state index is 5.36. The van der Waals surface area contributed by atoms with Gasteiger partial charge < -0.3 is 5.73 Å². The lowest BCUT2D eigenvalue weighted by Gasteiger charge is -1.83. The summed E-state index contributed by atoms with van der Waals surface area (Å²) in [5.41, 5.74) is 6.18. The Kier molecular flexibility index (Phi) is 6.02. The highest BCUT2D eigenvalue weighted by molar-refractivity contribution is 6.54. The van der Waals surface area contributed by atoms with Crippen LogP contribution in [0.5, 0.6) is 0 Å². The van der Waals surface area contributed by atoms with E-state index in [2.05, 4.69) is 17.4 Å². The lowest BCUT2D eigenvalue weighted by atomic mass is 10.3. The van der Waals surface area contributed by atoms with Crippen LogP contribution < -0.4 is 5.73 Å². The molecule has 0 heterocycles. The molecule has 0 bridgehead atoms. The fourth-order valence-corrected chi connectivity index (χ4v) is 0.453. The minimum absolute atomic E-state index is 0.139. The van der Waals surface area contributed by atoms with Crippen molar-refractivity contribution in [2.24, 2.45) is 0 Å². The Hall–Kier alpha value is -0.448. The fraction of sp³-hybridized carbons (Fsp3) is 0.333. The average molecular weight is 165 g/mol. The number of hydrogen-bond donors (Lipinski definition) is 1. The van der Waals surface area contributed by atoms with Crippen LogP contribution in [0.4, 0.5) is 5.69 Å². The van der Waals surface area contributed by atoms with Crippen LogP contribution in [0.15, 0.2) is 30.3 Å². The van der Waals surface area contributed by atoms with Crippen LogP contribution in [0.3, 0.4) is 0 Å². The highest BCUT2D eigenvalue weighted by Crippen LogP contribution is 1.95. The van der Waals surface area contributed by atoms with Crippen molar-refractivity contribution < 1.29 is 0 Å². The van der Waals surface area contributed by atoms with E-state index >= 15 is 0 Å². The maximum Gasteiger partial charge on any atom is 0.251 e. The summed E-state index contributed by atoms with van der Waals surface area (Å²) in [5, 5.41) is 0. The first-order valence-electron chi connectivity index (χ1n) is 3.93. The minimum Gasteiger partial charge on any atom is -0.399 e. The van der Waals surface area contributed by atoms with Gasteiger partial charge in [0.05, 0.1) is 0 Å². The van der Waals surface area contributed by atoms with Crippen molar-refractivity contribution in [3.63, 3.8) is 0 Å². The van der Waals surface area contributed by atoms with E-state index in [1.165, 1.54) is 0 Å². The van der Waals surface area contributed by atoms with Crippen LogP contribution in [0.25, 0.3) is 0 Å². The molecule has 2 N–H and O–H groups in total. The van der Waals surface area contributed by atoms with Crippen molar-refractivity contribution >= 4 is 19.8 Å². The number of anilines is 1. The molecule has 1 aromatic carbocycles. The highest BCUT2D eigenvalue weighted by Gasteiger charge is 1.81. The molecule has 0 aliphatic carbocycles. The van der Waals surface area contributed by atoms with Gasteiger partial charge in [0.25, 0.3) is 14.1 Å². The first kappa shape index (κ1) is 10.6. The predicted octanol–water partition coefficient (Wildman–Crippen LogP) is 2.64. The Bertz CT molecular complexity index is 169. The SMILES string of the molecule is Nc1ccccc1.[CH3][Al]([CH3])[CH3]. The van der Waals surface area contributed by atoms with Gasteiger partial charge in [-0.15, -0.1) is 17.4 Å². The van der Waals surface area contributed by atoms with Crippen molar-refractivity contribution in [1.82, 2.24) is 0 Å². The lowest BCUT2D eigenvalue weighted by molar-refractivity contribution is 1.69. The third kappa shape index (κ3) is 9.55. The molecule has 0 saturated carbocycles. The molecule has 0 aromatic heterocycles. The summed E-state index contributed by atoms with van der Waals surface area (Å²) in [6, 6.07) is 9.49. The van der Waals surface area contributed by atoms with Crippen molar-refractivity contribution in [1.29, 1.82) is 0 Å². The van der Waals surface area contributed by atoms with Crippen LogP contribution in [-0.4, -0.2) is 14.1 Å². The van der Waals surface area contributed by atoms with E-state index in [1.54, 1.807) is 0 Å². The zero-order valence-electron chi connectivity index (χ0n) is 7.54. The summed E-state index contributed by atoms with van der Waals surface area (Å²) in [7, 11) is 0. The lowest BCUT2D eigenvalue weighted by Crippen LogP contribution is -1.84. The van der Waals surface area contributed by atoms with Gasteiger partial charge in [-0.05, 0) is 12.1 Å². The molecule has 0 aliphatic heterocycles. The second-order valence-electron chi connectivity index (χ2n) is 3.14. The molecule has 0 saturated heterocycles. The van der Waals surface area contributed by atoms with Crippen LogP contribution in [0.1, 0.15) is 0 Å². The van der Waals surface area contributed by atoms with E-state index in [4.69, 9.17) is 5.73 Å². The zero-order valence-corrected chi connectivity index (χ0v) is 8.70. The molecule has 0 spiro atoms. The van der Waals surface area contributed by atoms with E-state index in [0.717, 1.165) is 5.69 Å². The number of benzene rings is 1. The molecule has 1 aromatic rings. The number of nitrogens with two attached hydrogens (primary N) is 1. The van der Waals surface area contributed by atoms with Crippen LogP contribution in [0, 0.1) is 0 Å². The first-order valence-corrected chi connectivity index (χ1v) is 7.40. The zero-order chi connectivity index (χ0) is 8.69. The van der Waals surface area contributed by atoms with Crippen molar-refractivity contribution in [2.45, 2.75) is 17.4 Å². The fourth-order valence-electron chi connectivity index (χ4n) is 0.453.